The van der Waals surface area contributed by atoms with Crippen molar-refractivity contribution < 1.29 is 79.8 Å². The van der Waals surface area contributed by atoms with Crippen LogP contribution in [0.1, 0.15) is 112 Å². The van der Waals surface area contributed by atoms with Crippen LogP contribution in [0.4, 0.5) is 25.8 Å². The predicted molar refractivity (Wildman–Crippen MR) is 490 cm³/mol. The van der Waals surface area contributed by atoms with Crippen LogP contribution in [0, 0.1) is 11.6 Å². The number of hydrogen-bond acceptors (Lipinski definition) is 22. The predicted octanol–water partition coefficient (Wildman–Crippen LogP) is 15.6. The second kappa shape index (κ2) is 52.1. The molecule has 0 bridgehead atoms. The first-order valence-electron chi connectivity index (χ1n) is 45.2. The van der Waals surface area contributed by atoms with E-state index in [9.17, 15) is 8.78 Å². The van der Waals surface area contributed by atoms with Gasteiger partial charge in [-0.25, -0.2) is 8.78 Å². The molecule has 9 aromatic carbocycles. The molecule has 6 aliphatic heterocycles. The summed E-state index contributed by atoms with van der Waals surface area (Å²) in [6.45, 7) is 22.5. The Hall–Kier alpha value is -9.48. The molecule has 4 N–H and O–H groups in total. The maximum absolute atomic E-state index is 13.7. The van der Waals surface area contributed by atoms with Gasteiger partial charge in [-0.1, -0.05) is 115 Å². The van der Waals surface area contributed by atoms with E-state index in [4.69, 9.17) is 71.1 Å². The number of methoxy groups -OCH3 is 4. The first kappa shape index (κ1) is 94.1. The molecular formula is C102H131F2N7O15. The molecule has 22 nitrogen and oxygen atoms in total. The zero-order chi connectivity index (χ0) is 87.0. The van der Waals surface area contributed by atoms with Crippen LogP contribution in [0.15, 0.2) is 200 Å². The summed E-state index contributed by atoms with van der Waals surface area (Å²) in [6, 6.07) is 66.1. The fourth-order valence-electron chi connectivity index (χ4n) is 17.0. The van der Waals surface area contributed by atoms with Gasteiger partial charge in [0.1, 0.15) is 79.2 Å². The van der Waals surface area contributed by atoms with Crippen LogP contribution >= 0.6 is 0 Å². The van der Waals surface area contributed by atoms with Crippen LogP contribution in [0.5, 0.6) is 34.5 Å². The summed E-state index contributed by atoms with van der Waals surface area (Å²) in [5.41, 5.74) is 14.5. The Morgan fingerprint density at radius 2 is 0.794 bits per heavy atom. The normalized spacial score (nSPS) is 18.4. The molecule has 6 aliphatic rings. The summed E-state index contributed by atoms with van der Waals surface area (Å²) in [5.74, 6) is 5.94. The van der Waals surface area contributed by atoms with Gasteiger partial charge in [-0.3, -0.25) is 0 Å². The Kier molecular flexibility index (Phi) is 38.9. The topological polar surface area (TPSA) is 196 Å². The molecule has 0 saturated carbocycles. The number of nitrogens with zero attached hydrogens (tertiary/aromatic N) is 3. The van der Waals surface area contributed by atoms with Crippen LogP contribution in [0.3, 0.4) is 0 Å². The van der Waals surface area contributed by atoms with E-state index in [1.165, 1.54) is 40.5 Å². The van der Waals surface area contributed by atoms with Gasteiger partial charge in [0, 0.05) is 110 Å². The van der Waals surface area contributed by atoms with Gasteiger partial charge in [-0.05, 0) is 206 Å². The summed E-state index contributed by atoms with van der Waals surface area (Å²) in [4.78, 5) is 7.16. The van der Waals surface area contributed by atoms with Crippen LogP contribution in [0.25, 0.3) is 0 Å². The Balaban J connectivity index is 0.000000162. The van der Waals surface area contributed by atoms with Gasteiger partial charge in [-0.15, -0.1) is 0 Å². The van der Waals surface area contributed by atoms with Gasteiger partial charge < -0.3 is 107 Å². The summed E-state index contributed by atoms with van der Waals surface area (Å²) in [5, 5.41) is 13.9. The molecule has 126 heavy (non-hydrogen) atoms. The molecule has 15 rings (SSSR count). The molecule has 0 unspecified atom stereocenters. The molecule has 6 atom stereocenters. The zero-order valence-electron chi connectivity index (χ0n) is 74.1. The quantitative estimate of drug-likeness (QED) is 0.0263. The molecule has 0 radical (unpaired) electrons. The molecule has 9 aromatic rings. The van der Waals surface area contributed by atoms with Gasteiger partial charge in [0.25, 0.3) is 0 Å². The monoisotopic (exact) mass is 1730 g/mol. The van der Waals surface area contributed by atoms with Crippen LogP contribution in [-0.4, -0.2) is 211 Å². The highest BCUT2D eigenvalue weighted by Crippen LogP contribution is 2.39. The lowest BCUT2D eigenvalue weighted by Crippen LogP contribution is -2.41. The molecule has 3 saturated heterocycles. The van der Waals surface area contributed by atoms with Gasteiger partial charge >= 0.3 is 0 Å². The van der Waals surface area contributed by atoms with Gasteiger partial charge in [0.15, 0.2) is 0 Å². The van der Waals surface area contributed by atoms with E-state index < -0.39 is 0 Å². The van der Waals surface area contributed by atoms with Crippen molar-refractivity contribution in [3.8, 4) is 34.5 Å². The third kappa shape index (κ3) is 29.3. The minimum absolute atomic E-state index is 0.0804. The number of fused-ring (bicyclic) bond motifs is 3. The number of rotatable bonds is 45. The fraction of sp³-hybridized carbons (Fsp3) is 0.471. The lowest BCUT2D eigenvalue weighted by atomic mass is 9.87. The molecular weight excluding hydrogens is 1600 g/mol. The molecule has 3 fully saturated rings. The Morgan fingerprint density at radius 3 is 1.25 bits per heavy atom. The number of hydrogen-bond donors (Lipinski definition) is 4. The van der Waals surface area contributed by atoms with Crippen LogP contribution < -0.4 is 64.4 Å². The van der Waals surface area contributed by atoms with Crippen molar-refractivity contribution in [3.05, 3.63) is 267 Å². The van der Waals surface area contributed by atoms with E-state index in [0.717, 1.165) is 228 Å². The molecule has 24 heteroatoms. The minimum atomic E-state index is -0.252. The van der Waals surface area contributed by atoms with Crippen molar-refractivity contribution in [2.24, 2.45) is 0 Å². The lowest BCUT2D eigenvalue weighted by molar-refractivity contribution is 0.0105. The average molecular weight is 1730 g/mol. The Bertz CT molecular complexity index is 4640. The number of anilines is 3. The third-order valence-corrected chi connectivity index (χ3v) is 23.8. The second-order valence-electron chi connectivity index (χ2n) is 32.6. The van der Waals surface area contributed by atoms with E-state index in [0.29, 0.717) is 123 Å². The molecule has 0 amide bonds. The number of halogens is 2. The number of benzene rings is 9. The van der Waals surface area contributed by atoms with E-state index >= 15 is 0 Å². The van der Waals surface area contributed by atoms with Crippen LogP contribution in [-0.2, 0) is 88.7 Å². The number of ether oxygens (including phenoxy) is 15. The van der Waals surface area contributed by atoms with Gasteiger partial charge in [-0.2, -0.15) is 0 Å². The summed E-state index contributed by atoms with van der Waals surface area (Å²) in [6.07, 6.45) is 7.02. The van der Waals surface area contributed by atoms with Crippen molar-refractivity contribution >= 4 is 17.1 Å². The van der Waals surface area contributed by atoms with E-state index in [2.05, 4.69) is 151 Å². The summed E-state index contributed by atoms with van der Waals surface area (Å²) in [7, 11) is 6.92. The Labute approximate surface area is 744 Å². The van der Waals surface area contributed by atoms with Crippen molar-refractivity contribution in [2.45, 2.75) is 121 Å². The summed E-state index contributed by atoms with van der Waals surface area (Å²) >= 11 is 0. The van der Waals surface area contributed by atoms with Crippen LogP contribution in [0.2, 0.25) is 0 Å². The summed E-state index contributed by atoms with van der Waals surface area (Å²) < 4.78 is 115. The maximum Gasteiger partial charge on any atom is 0.142 e. The minimum Gasteiger partial charge on any atom is -0.496 e. The molecule has 6 heterocycles. The average Bonchev–Trinajstić information content (AvgIpc) is 0.805. The standard InChI is InChI=1S/C35H46N2O6.C34H44FN3O4.C33H41FN2O5/c1-38-18-5-16-37-17-19-42-34-13-10-28(22-32(34)37)25-43-35-23-36-15-14-31(35)29-11-8-27(9-12-29)24-40-20-21-41-26-30-6-3-4-7-33(30)39-2;1-39-20-4-18-38-19-22-41-33-12-7-26(23-32(33)38)25-42-34-24-37-16-14-30(34)27-8-10-29(11-9-27)40-21-17-36-15-13-28-5-2-3-6-31(28)35;1-37-16-3-14-36-15-17-40-32-11-6-26(21-31(32)36)24-41-33-22-35-13-12-30(33)27-7-9-29(10-8-27)39-19-18-38-23-25-4-2-5-28(34)20-25/h3-4,6-13,22,31,35-36H,5,14-21,23-26H2,1-2H3;2-3,5-12,23,30,34,36-37H,4,13-22,24-25H2,1H3;2,4-11,20-21,30,33,35H,3,12-19,22-24H2,1H3/t31-,35+;30-,34+;30-,33+/m111/s1. The van der Waals surface area contributed by atoms with Crippen molar-refractivity contribution in [3.63, 3.8) is 0 Å². The number of nitrogens with one attached hydrogen (secondary N) is 4. The first-order chi connectivity index (χ1) is 62.1. The fourth-order valence-corrected chi connectivity index (χ4v) is 17.0. The zero-order valence-corrected chi connectivity index (χ0v) is 74.1. The highest BCUT2D eigenvalue weighted by atomic mass is 19.1. The molecule has 0 spiro atoms. The maximum atomic E-state index is 13.7. The van der Waals surface area contributed by atoms with Gasteiger partial charge in [0.05, 0.1) is 122 Å². The van der Waals surface area contributed by atoms with Crippen molar-refractivity contribution in [1.82, 2.24) is 21.3 Å². The van der Waals surface area contributed by atoms with Gasteiger partial charge in [0.2, 0.25) is 0 Å². The molecule has 678 valence electrons. The smallest absolute Gasteiger partial charge is 0.142 e. The van der Waals surface area contributed by atoms with E-state index in [1.807, 2.05) is 54.6 Å². The third-order valence-electron chi connectivity index (χ3n) is 23.8. The largest absolute Gasteiger partial charge is 0.496 e. The second-order valence-corrected chi connectivity index (χ2v) is 32.6. The highest BCUT2D eigenvalue weighted by Gasteiger charge is 2.32. The van der Waals surface area contributed by atoms with Crippen molar-refractivity contribution in [2.75, 3.05) is 207 Å². The van der Waals surface area contributed by atoms with Crippen molar-refractivity contribution in [1.29, 1.82) is 0 Å². The SMILES string of the molecule is COCCCN1CCOc2ccc(CO[C@H]3CNCC[C@@H]3c3ccc(COCCOCc4ccccc4OC)cc3)cc21.COCCCN1CCOc2ccc(CO[C@H]3CNCC[C@@H]3c3ccc(OCCNCCc4ccccc4F)cc3)cc21.COCCCN1CCOc2ccc(CO[C@H]3CNCC[C@@H]3c3ccc(OCCOCc4cccc(F)c4)cc3)cc21. The molecule has 0 aliphatic carbocycles. The molecule has 0 aromatic heterocycles. The van der Waals surface area contributed by atoms with E-state index in [-0.39, 0.29) is 29.9 Å². The lowest BCUT2D eigenvalue weighted by Gasteiger charge is -2.33. The Morgan fingerprint density at radius 1 is 0.381 bits per heavy atom. The first-order valence-corrected chi connectivity index (χ1v) is 45.2. The van der Waals surface area contributed by atoms with E-state index in [1.54, 1.807) is 40.6 Å². The highest BCUT2D eigenvalue weighted by molar-refractivity contribution is 5.63. The number of para-hydroxylation sites is 1. The number of piperidine rings is 3.